The van der Waals surface area contributed by atoms with Gasteiger partial charge in [-0.15, -0.1) is 0 Å². The van der Waals surface area contributed by atoms with Crippen LogP contribution in [0.1, 0.15) is 42.6 Å². The molecule has 1 N–H and O–H groups in total. The highest BCUT2D eigenvalue weighted by atomic mass is 16.4. The predicted molar refractivity (Wildman–Crippen MR) is 76.7 cm³/mol. The monoisotopic (exact) mass is 275 g/mol. The van der Waals surface area contributed by atoms with Crippen LogP contribution in [0.25, 0.3) is 0 Å². The second-order valence-corrected chi connectivity index (χ2v) is 5.85. The molecule has 4 heteroatoms. The molecule has 1 aromatic rings. The number of aromatic carboxylic acids is 1. The Kier molecular flexibility index (Phi) is 4.42. The SMILES string of the molecule is CC(C)CN(C(=O)Cc1cccc(C(=O)O)c1)C1CC1. The third kappa shape index (κ3) is 3.83. The van der Waals surface area contributed by atoms with Gasteiger partial charge in [-0.1, -0.05) is 26.0 Å². The molecular weight excluding hydrogens is 254 g/mol. The van der Waals surface area contributed by atoms with Crippen LogP contribution in [0.5, 0.6) is 0 Å². The highest BCUT2D eigenvalue weighted by Gasteiger charge is 2.32. The standard InChI is InChI=1S/C16H21NO3/c1-11(2)10-17(14-6-7-14)15(18)9-12-4-3-5-13(8-12)16(19)20/h3-5,8,11,14H,6-7,9-10H2,1-2H3,(H,19,20). The number of carboxylic acids is 1. The van der Waals surface area contributed by atoms with Crippen LogP contribution in [-0.2, 0) is 11.2 Å². The number of nitrogens with zero attached hydrogens (tertiary/aromatic N) is 1. The highest BCUT2D eigenvalue weighted by Crippen LogP contribution is 2.28. The summed E-state index contributed by atoms with van der Waals surface area (Å²) in [6, 6.07) is 7.03. The second-order valence-electron chi connectivity index (χ2n) is 5.85. The lowest BCUT2D eigenvalue weighted by Gasteiger charge is -2.24. The fraction of sp³-hybridized carbons (Fsp3) is 0.500. The lowest BCUT2D eigenvalue weighted by Crippen LogP contribution is -2.37. The first-order valence-corrected chi connectivity index (χ1v) is 7.09. The van der Waals surface area contributed by atoms with Crippen LogP contribution in [0.4, 0.5) is 0 Å². The summed E-state index contributed by atoms with van der Waals surface area (Å²) in [4.78, 5) is 25.3. The number of carboxylic acid groups (broad SMARTS) is 1. The van der Waals surface area contributed by atoms with Gasteiger partial charge in [-0.3, -0.25) is 4.79 Å². The normalized spacial score (nSPS) is 14.3. The van der Waals surface area contributed by atoms with Crippen molar-refractivity contribution < 1.29 is 14.7 Å². The van der Waals surface area contributed by atoms with E-state index in [9.17, 15) is 9.59 Å². The van der Waals surface area contributed by atoms with E-state index in [4.69, 9.17) is 5.11 Å². The Hall–Kier alpha value is -1.84. The Morgan fingerprint density at radius 3 is 2.60 bits per heavy atom. The average Bonchev–Trinajstić information content (AvgIpc) is 3.20. The average molecular weight is 275 g/mol. The van der Waals surface area contributed by atoms with Crippen molar-refractivity contribution in [3.8, 4) is 0 Å². The van der Waals surface area contributed by atoms with E-state index in [2.05, 4.69) is 13.8 Å². The van der Waals surface area contributed by atoms with Crippen molar-refractivity contribution in [2.45, 2.75) is 39.2 Å². The number of benzene rings is 1. The topological polar surface area (TPSA) is 57.6 Å². The van der Waals surface area contributed by atoms with Gasteiger partial charge in [-0.05, 0) is 36.5 Å². The first-order valence-electron chi connectivity index (χ1n) is 7.09. The lowest BCUT2D eigenvalue weighted by molar-refractivity contribution is -0.131. The first-order chi connectivity index (χ1) is 9.47. The summed E-state index contributed by atoms with van der Waals surface area (Å²) in [6.07, 6.45) is 2.46. The van der Waals surface area contributed by atoms with Gasteiger partial charge in [0.15, 0.2) is 0 Å². The molecule has 1 aliphatic rings. The molecule has 1 fully saturated rings. The molecule has 4 nitrogen and oxygen atoms in total. The highest BCUT2D eigenvalue weighted by molar-refractivity contribution is 5.88. The molecule has 108 valence electrons. The predicted octanol–water partition coefficient (Wildman–Crippen LogP) is 2.57. The van der Waals surface area contributed by atoms with E-state index in [1.54, 1.807) is 18.2 Å². The van der Waals surface area contributed by atoms with Gasteiger partial charge in [0.25, 0.3) is 0 Å². The molecule has 0 radical (unpaired) electrons. The van der Waals surface area contributed by atoms with Crippen LogP contribution in [0.3, 0.4) is 0 Å². The summed E-state index contributed by atoms with van der Waals surface area (Å²) in [5.41, 5.74) is 1.00. The molecule has 0 unspecified atom stereocenters. The molecule has 1 saturated carbocycles. The van der Waals surface area contributed by atoms with E-state index in [1.807, 2.05) is 11.0 Å². The fourth-order valence-electron chi connectivity index (χ4n) is 2.32. The summed E-state index contributed by atoms with van der Waals surface area (Å²) in [5.74, 6) is -0.408. The van der Waals surface area contributed by atoms with E-state index >= 15 is 0 Å². The Morgan fingerprint density at radius 2 is 2.05 bits per heavy atom. The van der Waals surface area contributed by atoms with Gasteiger partial charge in [0.2, 0.25) is 5.91 Å². The maximum atomic E-state index is 12.4. The van der Waals surface area contributed by atoms with E-state index in [0.29, 0.717) is 12.0 Å². The maximum Gasteiger partial charge on any atom is 0.335 e. The van der Waals surface area contributed by atoms with Crippen molar-refractivity contribution in [1.82, 2.24) is 4.90 Å². The van der Waals surface area contributed by atoms with E-state index in [-0.39, 0.29) is 17.9 Å². The summed E-state index contributed by atoms with van der Waals surface area (Å²) in [5, 5.41) is 8.97. The van der Waals surface area contributed by atoms with Crippen LogP contribution in [0.15, 0.2) is 24.3 Å². The molecule has 0 atom stereocenters. The van der Waals surface area contributed by atoms with Crippen molar-refractivity contribution in [3.05, 3.63) is 35.4 Å². The molecule has 1 aromatic carbocycles. The van der Waals surface area contributed by atoms with Gasteiger partial charge in [0.05, 0.1) is 12.0 Å². The van der Waals surface area contributed by atoms with Gasteiger partial charge in [0.1, 0.15) is 0 Å². The summed E-state index contributed by atoms with van der Waals surface area (Å²) in [6.45, 7) is 4.99. The molecule has 2 rings (SSSR count). The molecule has 0 heterocycles. The quantitative estimate of drug-likeness (QED) is 0.868. The summed E-state index contributed by atoms with van der Waals surface area (Å²) in [7, 11) is 0. The van der Waals surface area contributed by atoms with E-state index in [1.165, 1.54) is 0 Å². The number of rotatable bonds is 6. The van der Waals surface area contributed by atoms with Crippen LogP contribution in [0.2, 0.25) is 0 Å². The van der Waals surface area contributed by atoms with Gasteiger partial charge in [-0.2, -0.15) is 0 Å². The van der Waals surface area contributed by atoms with Crippen LogP contribution in [0, 0.1) is 5.92 Å². The third-order valence-electron chi connectivity index (χ3n) is 3.40. The number of amides is 1. The Labute approximate surface area is 119 Å². The number of carbonyl (C=O) groups excluding carboxylic acids is 1. The van der Waals surface area contributed by atoms with Crippen LogP contribution < -0.4 is 0 Å². The Bertz CT molecular complexity index is 506. The van der Waals surface area contributed by atoms with Crippen molar-refractivity contribution in [2.24, 2.45) is 5.92 Å². The Balaban J connectivity index is 2.05. The van der Waals surface area contributed by atoms with Gasteiger partial charge >= 0.3 is 5.97 Å². The molecule has 0 aliphatic heterocycles. The smallest absolute Gasteiger partial charge is 0.335 e. The number of hydrogen-bond donors (Lipinski definition) is 1. The summed E-state index contributed by atoms with van der Waals surface area (Å²) < 4.78 is 0. The maximum absolute atomic E-state index is 12.4. The minimum atomic E-state index is -0.958. The molecule has 20 heavy (non-hydrogen) atoms. The van der Waals surface area contributed by atoms with Crippen molar-refractivity contribution in [3.63, 3.8) is 0 Å². The molecular formula is C16H21NO3. The first kappa shape index (κ1) is 14.6. The molecule has 0 bridgehead atoms. The van der Waals surface area contributed by atoms with Crippen LogP contribution in [-0.4, -0.2) is 34.5 Å². The number of hydrogen-bond acceptors (Lipinski definition) is 2. The second kappa shape index (κ2) is 6.07. The van der Waals surface area contributed by atoms with Crippen molar-refractivity contribution >= 4 is 11.9 Å². The zero-order valence-electron chi connectivity index (χ0n) is 12.0. The van der Waals surface area contributed by atoms with Gasteiger partial charge < -0.3 is 10.0 Å². The molecule has 0 saturated heterocycles. The van der Waals surface area contributed by atoms with Gasteiger partial charge in [0, 0.05) is 12.6 Å². The fourth-order valence-corrected chi connectivity index (χ4v) is 2.32. The minimum Gasteiger partial charge on any atom is -0.478 e. The molecule has 0 aromatic heterocycles. The Morgan fingerprint density at radius 1 is 1.35 bits per heavy atom. The minimum absolute atomic E-state index is 0.101. The van der Waals surface area contributed by atoms with Crippen molar-refractivity contribution in [1.29, 1.82) is 0 Å². The van der Waals surface area contributed by atoms with E-state index < -0.39 is 5.97 Å². The van der Waals surface area contributed by atoms with Gasteiger partial charge in [-0.25, -0.2) is 4.79 Å². The van der Waals surface area contributed by atoms with E-state index in [0.717, 1.165) is 24.9 Å². The molecule has 0 spiro atoms. The van der Waals surface area contributed by atoms with Crippen molar-refractivity contribution in [2.75, 3.05) is 6.54 Å². The molecule has 1 aliphatic carbocycles. The summed E-state index contributed by atoms with van der Waals surface area (Å²) >= 11 is 0. The zero-order valence-corrected chi connectivity index (χ0v) is 12.0. The zero-order chi connectivity index (χ0) is 14.7. The van der Waals surface area contributed by atoms with Crippen LogP contribution >= 0.6 is 0 Å². The number of carbonyl (C=O) groups is 2. The largest absolute Gasteiger partial charge is 0.478 e. The lowest BCUT2D eigenvalue weighted by atomic mass is 10.1. The molecule has 1 amide bonds. The third-order valence-corrected chi connectivity index (χ3v) is 3.40.